The fourth-order valence-corrected chi connectivity index (χ4v) is 3.26. The van der Waals surface area contributed by atoms with Crippen molar-refractivity contribution in [2.24, 2.45) is 16.8 Å². The van der Waals surface area contributed by atoms with Gasteiger partial charge in [0.2, 0.25) is 0 Å². The Kier molecular flexibility index (Phi) is 3.40. The van der Waals surface area contributed by atoms with E-state index in [2.05, 4.69) is 36.4 Å². The third kappa shape index (κ3) is 2.45. The smallest absolute Gasteiger partial charge is 0.252 e. The second-order valence-electron chi connectivity index (χ2n) is 5.75. The molecule has 0 radical (unpaired) electrons. The highest BCUT2D eigenvalue weighted by Crippen LogP contribution is 2.37. The Morgan fingerprint density at radius 2 is 2.00 bits per heavy atom. The highest BCUT2D eigenvalue weighted by Gasteiger charge is 2.48. The van der Waals surface area contributed by atoms with Gasteiger partial charge in [-0.05, 0) is 37.5 Å². The zero-order valence-electron chi connectivity index (χ0n) is 11.0. The SMILES string of the molecule is CCCN=C1NC(=O)C2(CC(C)CC(C)C2)N1. The Balaban J connectivity index is 2.12. The summed E-state index contributed by atoms with van der Waals surface area (Å²) in [5.41, 5.74) is -0.385. The van der Waals surface area contributed by atoms with E-state index in [4.69, 9.17) is 0 Å². The maximum absolute atomic E-state index is 12.2. The molecule has 2 N–H and O–H groups in total. The molecule has 2 atom stereocenters. The summed E-state index contributed by atoms with van der Waals surface area (Å²) >= 11 is 0. The lowest BCUT2D eigenvalue weighted by molar-refractivity contribution is -0.126. The van der Waals surface area contributed by atoms with Crippen molar-refractivity contribution in [1.82, 2.24) is 10.6 Å². The van der Waals surface area contributed by atoms with Crippen molar-refractivity contribution < 1.29 is 4.79 Å². The summed E-state index contributed by atoms with van der Waals surface area (Å²) in [6.07, 6.45) is 4.07. The molecule has 2 rings (SSSR count). The third-order valence-corrected chi connectivity index (χ3v) is 3.72. The zero-order valence-corrected chi connectivity index (χ0v) is 11.0. The number of hydrogen-bond donors (Lipinski definition) is 2. The Hall–Kier alpha value is -1.06. The van der Waals surface area contributed by atoms with E-state index in [1.54, 1.807) is 0 Å². The fraction of sp³-hybridized carbons (Fsp3) is 0.846. The maximum atomic E-state index is 12.2. The minimum absolute atomic E-state index is 0.116. The summed E-state index contributed by atoms with van der Waals surface area (Å²) in [6.45, 7) is 7.31. The van der Waals surface area contributed by atoms with E-state index >= 15 is 0 Å². The van der Waals surface area contributed by atoms with E-state index in [1.165, 1.54) is 6.42 Å². The first kappa shape index (κ1) is 12.4. The van der Waals surface area contributed by atoms with Crippen molar-refractivity contribution in [2.45, 2.75) is 52.0 Å². The Bertz CT molecular complexity index is 328. The lowest BCUT2D eigenvalue weighted by atomic mass is 9.72. The number of carbonyl (C=O) groups excluding carboxylic acids is 1. The predicted molar refractivity (Wildman–Crippen MR) is 68.8 cm³/mol. The standard InChI is InChI=1S/C13H23N3O/c1-4-5-14-12-15-11(17)13(16-12)7-9(2)6-10(3)8-13/h9-10H,4-8H2,1-3H3,(H2,14,15,16,17). The van der Waals surface area contributed by atoms with Crippen molar-refractivity contribution in [3.8, 4) is 0 Å². The lowest BCUT2D eigenvalue weighted by Crippen LogP contribution is -2.51. The van der Waals surface area contributed by atoms with Gasteiger partial charge in [-0.2, -0.15) is 0 Å². The van der Waals surface area contributed by atoms with Crippen LogP contribution in [0, 0.1) is 11.8 Å². The van der Waals surface area contributed by atoms with Gasteiger partial charge in [0, 0.05) is 6.54 Å². The van der Waals surface area contributed by atoms with Crippen LogP contribution in [0.3, 0.4) is 0 Å². The van der Waals surface area contributed by atoms with Crippen molar-refractivity contribution in [3.05, 3.63) is 0 Å². The molecule has 1 spiro atoms. The number of hydrogen-bond acceptors (Lipinski definition) is 2. The fourth-order valence-electron chi connectivity index (χ4n) is 3.26. The van der Waals surface area contributed by atoms with Gasteiger partial charge in [0.15, 0.2) is 5.96 Å². The number of carbonyl (C=O) groups is 1. The number of rotatable bonds is 2. The molecule has 1 saturated carbocycles. The van der Waals surface area contributed by atoms with E-state index in [-0.39, 0.29) is 11.4 Å². The third-order valence-electron chi connectivity index (χ3n) is 3.72. The first-order valence-corrected chi connectivity index (χ1v) is 6.70. The maximum Gasteiger partial charge on any atom is 0.252 e. The quantitative estimate of drug-likeness (QED) is 0.767. The Morgan fingerprint density at radius 1 is 1.35 bits per heavy atom. The molecule has 4 heteroatoms. The summed E-state index contributed by atoms with van der Waals surface area (Å²) < 4.78 is 0. The summed E-state index contributed by atoms with van der Waals surface area (Å²) in [6, 6.07) is 0. The van der Waals surface area contributed by atoms with Gasteiger partial charge in [0.25, 0.3) is 5.91 Å². The molecule has 0 bridgehead atoms. The second-order valence-corrected chi connectivity index (χ2v) is 5.75. The van der Waals surface area contributed by atoms with Gasteiger partial charge in [-0.25, -0.2) is 0 Å². The Labute approximate surface area is 103 Å². The van der Waals surface area contributed by atoms with Crippen molar-refractivity contribution >= 4 is 11.9 Å². The van der Waals surface area contributed by atoms with Crippen LogP contribution in [0.15, 0.2) is 4.99 Å². The molecule has 1 saturated heterocycles. The van der Waals surface area contributed by atoms with Crippen molar-refractivity contribution in [3.63, 3.8) is 0 Å². The molecule has 1 aliphatic carbocycles. The molecule has 2 fully saturated rings. The molecule has 2 unspecified atom stereocenters. The van der Waals surface area contributed by atoms with Crippen LogP contribution in [-0.4, -0.2) is 24.0 Å². The molecule has 0 aromatic heterocycles. The average Bonchev–Trinajstić information content (AvgIpc) is 2.51. The molecule has 2 aliphatic rings. The molecule has 0 aromatic rings. The van der Waals surface area contributed by atoms with Crippen LogP contribution in [0.2, 0.25) is 0 Å². The molecule has 4 nitrogen and oxygen atoms in total. The average molecular weight is 237 g/mol. The van der Waals surface area contributed by atoms with Gasteiger partial charge >= 0.3 is 0 Å². The summed E-state index contributed by atoms with van der Waals surface area (Å²) in [4.78, 5) is 16.5. The number of aliphatic imine (C=N–C) groups is 1. The molecule has 1 amide bonds. The van der Waals surface area contributed by atoms with Crippen LogP contribution in [0.5, 0.6) is 0 Å². The predicted octanol–water partition coefficient (Wildman–Crippen LogP) is 1.67. The van der Waals surface area contributed by atoms with E-state index in [1.807, 2.05) is 0 Å². The minimum atomic E-state index is -0.385. The van der Waals surface area contributed by atoms with Gasteiger partial charge in [0.1, 0.15) is 5.54 Å². The van der Waals surface area contributed by atoms with Gasteiger partial charge in [-0.15, -0.1) is 0 Å². The molecule has 0 aromatic carbocycles. The van der Waals surface area contributed by atoms with Crippen LogP contribution in [0.4, 0.5) is 0 Å². The van der Waals surface area contributed by atoms with Gasteiger partial charge < -0.3 is 5.32 Å². The normalized spacial score (nSPS) is 39.5. The summed E-state index contributed by atoms with van der Waals surface area (Å²) in [7, 11) is 0. The van der Waals surface area contributed by atoms with Crippen LogP contribution in [0.25, 0.3) is 0 Å². The van der Waals surface area contributed by atoms with Crippen molar-refractivity contribution in [2.75, 3.05) is 6.54 Å². The number of guanidine groups is 1. The minimum Gasteiger partial charge on any atom is -0.342 e. The van der Waals surface area contributed by atoms with Crippen LogP contribution < -0.4 is 10.6 Å². The second kappa shape index (κ2) is 4.67. The van der Waals surface area contributed by atoms with Crippen LogP contribution in [-0.2, 0) is 4.79 Å². The molecule has 96 valence electrons. The zero-order chi connectivity index (χ0) is 12.5. The van der Waals surface area contributed by atoms with Gasteiger partial charge in [-0.3, -0.25) is 15.1 Å². The highest BCUT2D eigenvalue weighted by atomic mass is 16.2. The van der Waals surface area contributed by atoms with E-state index in [0.717, 1.165) is 25.8 Å². The first-order valence-electron chi connectivity index (χ1n) is 6.70. The van der Waals surface area contributed by atoms with Crippen molar-refractivity contribution in [1.29, 1.82) is 0 Å². The number of nitrogens with one attached hydrogen (secondary N) is 2. The van der Waals surface area contributed by atoms with Crippen LogP contribution in [0.1, 0.15) is 46.5 Å². The first-order chi connectivity index (χ1) is 8.05. The molecular weight excluding hydrogens is 214 g/mol. The monoisotopic (exact) mass is 237 g/mol. The van der Waals surface area contributed by atoms with E-state index in [0.29, 0.717) is 17.8 Å². The van der Waals surface area contributed by atoms with Crippen LogP contribution >= 0.6 is 0 Å². The molecular formula is C13H23N3O. The number of amides is 1. The van der Waals surface area contributed by atoms with Gasteiger partial charge in [0.05, 0.1) is 0 Å². The number of nitrogens with zero attached hydrogens (tertiary/aromatic N) is 1. The summed E-state index contributed by atoms with van der Waals surface area (Å²) in [5.74, 6) is 1.99. The summed E-state index contributed by atoms with van der Waals surface area (Å²) in [5, 5.41) is 6.23. The highest BCUT2D eigenvalue weighted by molar-refractivity contribution is 6.09. The molecule has 17 heavy (non-hydrogen) atoms. The Morgan fingerprint density at radius 3 is 2.59 bits per heavy atom. The van der Waals surface area contributed by atoms with E-state index in [9.17, 15) is 4.79 Å². The lowest BCUT2D eigenvalue weighted by Gasteiger charge is -2.37. The molecule has 1 heterocycles. The molecule has 1 aliphatic heterocycles. The van der Waals surface area contributed by atoms with E-state index < -0.39 is 0 Å². The largest absolute Gasteiger partial charge is 0.342 e. The topological polar surface area (TPSA) is 53.5 Å². The van der Waals surface area contributed by atoms with Gasteiger partial charge in [-0.1, -0.05) is 20.8 Å².